The van der Waals surface area contributed by atoms with Crippen LogP contribution < -0.4 is 11.1 Å². The van der Waals surface area contributed by atoms with Crippen molar-refractivity contribution in [2.24, 2.45) is 5.41 Å². The molecule has 2 rings (SSSR count). The number of anilines is 1. The molecule has 0 bridgehead atoms. The molecule has 1 aromatic carbocycles. The monoisotopic (exact) mass is 340 g/mol. The molecule has 6 heteroatoms. The van der Waals surface area contributed by atoms with Crippen molar-refractivity contribution in [1.29, 1.82) is 0 Å². The van der Waals surface area contributed by atoms with Gasteiger partial charge in [0.15, 0.2) is 0 Å². The molecule has 0 spiro atoms. The lowest BCUT2D eigenvalue weighted by Crippen LogP contribution is -2.43. The summed E-state index contributed by atoms with van der Waals surface area (Å²) in [5, 5.41) is 11.8. The van der Waals surface area contributed by atoms with Gasteiger partial charge < -0.3 is 16.2 Å². The Kier molecular flexibility index (Phi) is 4.32. The van der Waals surface area contributed by atoms with E-state index in [2.05, 4.69) is 21.2 Å². The maximum atomic E-state index is 12.1. The molecule has 20 heavy (non-hydrogen) atoms. The zero-order valence-electron chi connectivity index (χ0n) is 11.0. The first-order valence-corrected chi connectivity index (χ1v) is 7.26. The molecule has 1 fully saturated rings. The third kappa shape index (κ3) is 3.50. The zero-order valence-corrected chi connectivity index (χ0v) is 12.6. The number of halogens is 1. The molecule has 0 aliphatic heterocycles. The van der Waals surface area contributed by atoms with Crippen molar-refractivity contribution in [3.8, 4) is 0 Å². The lowest BCUT2D eigenvalue weighted by molar-refractivity contribution is -0.141. The Morgan fingerprint density at radius 1 is 1.35 bits per heavy atom. The second-order valence-corrected chi connectivity index (χ2v) is 6.30. The number of aliphatic carboxylic acids is 1. The van der Waals surface area contributed by atoms with Crippen molar-refractivity contribution in [3.63, 3.8) is 0 Å². The summed E-state index contributed by atoms with van der Waals surface area (Å²) in [6.07, 6.45) is 2.82. The number of nitrogen functional groups attached to an aromatic ring is 1. The van der Waals surface area contributed by atoms with E-state index >= 15 is 0 Å². The molecule has 0 atom stereocenters. The normalized spacial score (nSPS) is 16.2. The van der Waals surface area contributed by atoms with Crippen molar-refractivity contribution in [1.82, 2.24) is 5.32 Å². The second kappa shape index (κ2) is 5.83. The van der Waals surface area contributed by atoms with Gasteiger partial charge in [0, 0.05) is 22.3 Å². The van der Waals surface area contributed by atoms with Crippen molar-refractivity contribution in [3.05, 3.63) is 28.2 Å². The third-order valence-electron chi connectivity index (χ3n) is 3.75. The number of nitrogens with one attached hydrogen (secondary N) is 1. The molecule has 0 unspecified atom stereocenters. The van der Waals surface area contributed by atoms with Crippen molar-refractivity contribution in [2.45, 2.75) is 25.7 Å². The molecule has 0 saturated heterocycles. The van der Waals surface area contributed by atoms with Crippen molar-refractivity contribution >= 4 is 33.5 Å². The number of amides is 1. The topological polar surface area (TPSA) is 92.4 Å². The molecule has 1 aromatic rings. The molecular weight excluding hydrogens is 324 g/mol. The van der Waals surface area contributed by atoms with Crippen LogP contribution in [0.15, 0.2) is 22.7 Å². The standard InChI is InChI=1S/C14H17BrN2O3/c15-10-4-9(5-11(16)6-10)13(20)17-8-14(2-1-3-14)7-12(18)19/h4-6H,1-3,7-8,16H2,(H,17,20)(H,18,19). The average molecular weight is 341 g/mol. The van der Waals surface area contributed by atoms with E-state index < -0.39 is 5.97 Å². The molecule has 5 nitrogen and oxygen atoms in total. The molecule has 1 aliphatic rings. The number of rotatable bonds is 5. The third-order valence-corrected chi connectivity index (χ3v) is 4.20. The van der Waals surface area contributed by atoms with Crippen LogP contribution in [-0.4, -0.2) is 23.5 Å². The number of nitrogens with two attached hydrogens (primary N) is 1. The summed E-state index contributed by atoms with van der Waals surface area (Å²) in [5.74, 6) is -1.04. The van der Waals surface area contributed by atoms with Gasteiger partial charge in [-0.2, -0.15) is 0 Å². The number of hydrogen-bond acceptors (Lipinski definition) is 3. The predicted octanol–water partition coefficient (Wildman–Crippen LogP) is 2.41. The van der Waals surface area contributed by atoms with E-state index in [-0.39, 0.29) is 17.7 Å². The Labute approximate surface area is 125 Å². The predicted molar refractivity (Wildman–Crippen MR) is 79.4 cm³/mol. The number of carboxylic acids is 1. The molecule has 0 heterocycles. The molecule has 108 valence electrons. The van der Waals surface area contributed by atoms with Crippen LogP contribution in [-0.2, 0) is 4.79 Å². The fourth-order valence-electron chi connectivity index (χ4n) is 2.53. The number of carbonyl (C=O) groups excluding carboxylic acids is 1. The number of hydrogen-bond donors (Lipinski definition) is 3. The van der Waals surface area contributed by atoms with Gasteiger partial charge in [-0.15, -0.1) is 0 Å². The maximum absolute atomic E-state index is 12.1. The number of carboxylic acid groups (broad SMARTS) is 1. The molecule has 0 aromatic heterocycles. The molecule has 1 saturated carbocycles. The molecule has 1 aliphatic carbocycles. The van der Waals surface area contributed by atoms with Gasteiger partial charge >= 0.3 is 5.97 Å². The first kappa shape index (κ1) is 14.8. The smallest absolute Gasteiger partial charge is 0.303 e. The van der Waals surface area contributed by atoms with Gasteiger partial charge in [0.2, 0.25) is 0 Å². The van der Waals surface area contributed by atoms with E-state index in [0.717, 1.165) is 23.7 Å². The fraction of sp³-hybridized carbons (Fsp3) is 0.429. The Hall–Kier alpha value is -1.56. The maximum Gasteiger partial charge on any atom is 0.303 e. The van der Waals surface area contributed by atoms with Gasteiger partial charge in [0.25, 0.3) is 5.91 Å². The van der Waals surface area contributed by atoms with E-state index in [1.165, 1.54) is 0 Å². The van der Waals surface area contributed by atoms with Gasteiger partial charge in [-0.1, -0.05) is 22.4 Å². The molecular formula is C14H17BrN2O3. The summed E-state index contributed by atoms with van der Waals surface area (Å²) in [4.78, 5) is 23.0. The summed E-state index contributed by atoms with van der Waals surface area (Å²) in [6, 6.07) is 5.01. The Balaban J connectivity index is 1.99. The summed E-state index contributed by atoms with van der Waals surface area (Å²) in [5.41, 5.74) is 6.40. The van der Waals surface area contributed by atoms with Gasteiger partial charge in [0.05, 0.1) is 6.42 Å². The van der Waals surface area contributed by atoms with Crippen LogP contribution in [0.1, 0.15) is 36.0 Å². The molecule has 4 N–H and O–H groups in total. The molecule has 0 radical (unpaired) electrons. The lowest BCUT2D eigenvalue weighted by atomic mass is 9.66. The van der Waals surface area contributed by atoms with Crippen LogP contribution >= 0.6 is 15.9 Å². The van der Waals surface area contributed by atoms with Crippen LogP contribution in [0.4, 0.5) is 5.69 Å². The minimum absolute atomic E-state index is 0.105. The summed E-state index contributed by atoms with van der Waals surface area (Å²) in [6.45, 7) is 0.393. The highest BCUT2D eigenvalue weighted by Crippen LogP contribution is 2.43. The molecule has 1 amide bonds. The summed E-state index contributed by atoms with van der Waals surface area (Å²) >= 11 is 3.29. The fourth-order valence-corrected chi connectivity index (χ4v) is 3.04. The first-order valence-electron chi connectivity index (χ1n) is 6.46. The zero-order chi connectivity index (χ0) is 14.8. The quantitative estimate of drug-likeness (QED) is 0.717. The number of carbonyl (C=O) groups is 2. The van der Waals surface area contributed by atoms with Gasteiger partial charge in [0.1, 0.15) is 0 Å². The van der Waals surface area contributed by atoms with E-state index in [4.69, 9.17) is 10.8 Å². The first-order chi connectivity index (χ1) is 9.40. The average Bonchev–Trinajstić information content (AvgIpc) is 2.30. The van der Waals surface area contributed by atoms with Gasteiger partial charge in [-0.05, 0) is 36.5 Å². The van der Waals surface area contributed by atoms with Crippen molar-refractivity contribution in [2.75, 3.05) is 12.3 Å². The Bertz CT molecular complexity index is 521. The highest BCUT2D eigenvalue weighted by Gasteiger charge is 2.39. The van der Waals surface area contributed by atoms with Crippen LogP contribution in [0.3, 0.4) is 0 Å². The highest BCUT2D eigenvalue weighted by atomic mass is 79.9. The van der Waals surface area contributed by atoms with Crippen LogP contribution in [0.5, 0.6) is 0 Å². The minimum Gasteiger partial charge on any atom is -0.481 e. The summed E-state index contributed by atoms with van der Waals surface area (Å²) in [7, 11) is 0. The van der Waals surface area contributed by atoms with E-state index in [1.807, 2.05) is 0 Å². The van der Waals surface area contributed by atoms with E-state index in [9.17, 15) is 9.59 Å². The van der Waals surface area contributed by atoms with Crippen molar-refractivity contribution < 1.29 is 14.7 Å². The van der Waals surface area contributed by atoms with E-state index in [1.54, 1.807) is 18.2 Å². The van der Waals surface area contributed by atoms with E-state index in [0.29, 0.717) is 17.8 Å². The SMILES string of the molecule is Nc1cc(Br)cc(C(=O)NCC2(CC(=O)O)CCC2)c1. The lowest BCUT2D eigenvalue weighted by Gasteiger charge is -2.40. The Morgan fingerprint density at radius 3 is 2.55 bits per heavy atom. The second-order valence-electron chi connectivity index (χ2n) is 5.38. The number of benzene rings is 1. The van der Waals surface area contributed by atoms with Crippen LogP contribution in [0.2, 0.25) is 0 Å². The summed E-state index contributed by atoms with van der Waals surface area (Å²) < 4.78 is 0.742. The largest absolute Gasteiger partial charge is 0.481 e. The minimum atomic E-state index is -0.814. The Morgan fingerprint density at radius 2 is 2.05 bits per heavy atom. The van der Waals surface area contributed by atoms with Gasteiger partial charge in [-0.3, -0.25) is 9.59 Å². The van der Waals surface area contributed by atoms with Crippen LogP contribution in [0.25, 0.3) is 0 Å². The van der Waals surface area contributed by atoms with Crippen LogP contribution in [0, 0.1) is 5.41 Å². The van der Waals surface area contributed by atoms with Gasteiger partial charge in [-0.25, -0.2) is 0 Å². The highest BCUT2D eigenvalue weighted by molar-refractivity contribution is 9.10.